The number of hydrogen-bond donors (Lipinski definition) is 1. The van der Waals surface area contributed by atoms with Gasteiger partial charge in [0.15, 0.2) is 0 Å². The van der Waals surface area contributed by atoms with E-state index in [-0.39, 0.29) is 27.3 Å². The topological polar surface area (TPSA) is 86.8 Å². The second-order valence-electron chi connectivity index (χ2n) is 6.93. The number of halogens is 4. The van der Waals surface area contributed by atoms with Gasteiger partial charge in [-0.05, 0) is 36.8 Å². The van der Waals surface area contributed by atoms with E-state index in [9.17, 15) is 18.0 Å². The second-order valence-corrected chi connectivity index (χ2v) is 10.5. The van der Waals surface area contributed by atoms with Gasteiger partial charge in [-0.1, -0.05) is 58.5 Å². The van der Waals surface area contributed by atoms with E-state index in [0.29, 0.717) is 10.6 Å². The minimum atomic E-state index is -3.95. The van der Waals surface area contributed by atoms with Crippen LogP contribution in [0.5, 0.6) is 0 Å². The predicted octanol–water partition coefficient (Wildman–Crippen LogP) is 4.23. The lowest BCUT2D eigenvalue weighted by Crippen LogP contribution is -2.50. The summed E-state index contributed by atoms with van der Waals surface area (Å²) >= 11 is 24.2. The number of rotatable bonds is 8. The quantitative estimate of drug-likeness (QED) is 0.507. The lowest BCUT2D eigenvalue weighted by molar-refractivity contribution is -0.139. The number of amides is 2. The van der Waals surface area contributed by atoms with Crippen molar-refractivity contribution in [3.63, 3.8) is 0 Å². The fraction of sp³-hybridized carbons (Fsp3) is 0.300. The van der Waals surface area contributed by atoms with E-state index in [2.05, 4.69) is 5.32 Å². The molecule has 1 N–H and O–H groups in total. The molecule has 32 heavy (non-hydrogen) atoms. The fourth-order valence-corrected chi connectivity index (χ4v) is 4.68. The van der Waals surface area contributed by atoms with E-state index in [1.165, 1.54) is 31.0 Å². The Labute approximate surface area is 207 Å². The fourth-order valence-electron chi connectivity index (χ4n) is 2.92. The molecule has 0 saturated carbocycles. The monoisotopic (exact) mass is 539 g/mol. The molecule has 2 rings (SSSR count). The average Bonchev–Trinajstić information content (AvgIpc) is 2.71. The number of carbonyl (C=O) groups excluding carboxylic acids is 2. The minimum Gasteiger partial charge on any atom is -0.357 e. The maximum absolute atomic E-state index is 13.3. The Morgan fingerprint density at radius 1 is 1.03 bits per heavy atom. The summed E-state index contributed by atoms with van der Waals surface area (Å²) in [6, 6.07) is 8.46. The van der Waals surface area contributed by atoms with Gasteiger partial charge in [-0.15, -0.1) is 0 Å². The number of likely N-dealkylation sites (N-methyl/N-ethyl adjacent to an activating group) is 1. The van der Waals surface area contributed by atoms with E-state index in [0.717, 1.165) is 10.6 Å². The molecular formula is C20H21Cl4N3O4S. The number of nitrogens with one attached hydrogen (secondary N) is 1. The van der Waals surface area contributed by atoms with Crippen LogP contribution in [0.4, 0.5) is 5.69 Å². The highest BCUT2D eigenvalue weighted by Gasteiger charge is 2.30. The minimum absolute atomic E-state index is 0.00151. The van der Waals surface area contributed by atoms with Crippen LogP contribution in [0, 0.1) is 0 Å². The van der Waals surface area contributed by atoms with Crippen molar-refractivity contribution in [2.75, 3.05) is 24.2 Å². The molecule has 2 aromatic rings. The van der Waals surface area contributed by atoms with Crippen molar-refractivity contribution in [2.45, 2.75) is 19.5 Å². The Bertz CT molecular complexity index is 1130. The van der Waals surface area contributed by atoms with Crippen LogP contribution < -0.4 is 9.62 Å². The first-order valence-corrected chi connectivity index (χ1v) is 12.6. The molecule has 0 bridgehead atoms. The van der Waals surface area contributed by atoms with E-state index in [1.807, 2.05) is 0 Å². The van der Waals surface area contributed by atoms with Crippen LogP contribution in [0.2, 0.25) is 20.1 Å². The zero-order chi connectivity index (χ0) is 24.2. The van der Waals surface area contributed by atoms with Crippen LogP contribution in [0.15, 0.2) is 36.4 Å². The van der Waals surface area contributed by atoms with E-state index >= 15 is 0 Å². The molecule has 1 atom stereocenters. The molecule has 0 heterocycles. The molecule has 2 aromatic carbocycles. The van der Waals surface area contributed by atoms with Crippen LogP contribution in [0.3, 0.4) is 0 Å². The summed E-state index contributed by atoms with van der Waals surface area (Å²) in [6.07, 6.45) is 0.933. The third-order valence-electron chi connectivity index (χ3n) is 4.59. The molecular weight excluding hydrogens is 520 g/mol. The highest BCUT2D eigenvalue weighted by Crippen LogP contribution is 2.35. The Morgan fingerprint density at radius 2 is 1.66 bits per heavy atom. The SMILES string of the molecule is CNC(=O)[C@@H](C)N(Cc1cccc(Cl)c1)C(=O)CN(c1cc(Cl)c(Cl)cc1Cl)S(C)(=O)=O. The summed E-state index contributed by atoms with van der Waals surface area (Å²) in [6.45, 7) is 0.956. The van der Waals surface area contributed by atoms with Gasteiger partial charge < -0.3 is 10.2 Å². The van der Waals surface area contributed by atoms with Gasteiger partial charge in [-0.25, -0.2) is 8.42 Å². The lowest BCUT2D eigenvalue weighted by Gasteiger charge is -2.31. The molecule has 7 nitrogen and oxygen atoms in total. The molecule has 174 valence electrons. The maximum atomic E-state index is 13.3. The Hall–Kier alpha value is -1.71. The number of sulfonamides is 1. The third-order valence-corrected chi connectivity index (χ3v) is 6.98. The molecule has 0 aliphatic heterocycles. The number of hydrogen-bond acceptors (Lipinski definition) is 4. The summed E-state index contributed by atoms with van der Waals surface area (Å²) in [4.78, 5) is 26.8. The van der Waals surface area contributed by atoms with E-state index in [1.54, 1.807) is 24.3 Å². The third kappa shape index (κ3) is 6.65. The average molecular weight is 541 g/mol. The highest BCUT2D eigenvalue weighted by atomic mass is 35.5. The highest BCUT2D eigenvalue weighted by molar-refractivity contribution is 7.92. The zero-order valence-electron chi connectivity index (χ0n) is 17.4. The van der Waals surface area contributed by atoms with Crippen molar-refractivity contribution >= 4 is 73.9 Å². The first-order chi connectivity index (χ1) is 14.8. The molecule has 2 amide bonds. The largest absolute Gasteiger partial charge is 0.357 e. The number of anilines is 1. The smallest absolute Gasteiger partial charge is 0.244 e. The Morgan fingerprint density at radius 3 is 2.22 bits per heavy atom. The maximum Gasteiger partial charge on any atom is 0.244 e. The van der Waals surface area contributed by atoms with Crippen LogP contribution in [-0.4, -0.2) is 51.0 Å². The van der Waals surface area contributed by atoms with Gasteiger partial charge in [0.25, 0.3) is 0 Å². The van der Waals surface area contributed by atoms with Crippen molar-refractivity contribution < 1.29 is 18.0 Å². The van der Waals surface area contributed by atoms with E-state index in [4.69, 9.17) is 46.4 Å². The molecule has 0 fully saturated rings. The van der Waals surface area contributed by atoms with Crippen LogP contribution in [-0.2, 0) is 26.2 Å². The first-order valence-electron chi connectivity index (χ1n) is 9.23. The van der Waals surface area contributed by atoms with Crippen molar-refractivity contribution in [3.05, 3.63) is 62.1 Å². The van der Waals surface area contributed by atoms with Crippen LogP contribution in [0.25, 0.3) is 0 Å². The van der Waals surface area contributed by atoms with E-state index < -0.39 is 34.4 Å². The van der Waals surface area contributed by atoms with Gasteiger partial charge in [-0.3, -0.25) is 13.9 Å². The molecule has 0 aromatic heterocycles. The summed E-state index contributed by atoms with van der Waals surface area (Å²) < 4.78 is 25.9. The summed E-state index contributed by atoms with van der Waals surface area (Å²) in [5, 5.41) is 3.16. The van der Waals surface area contributed by atoms with Gasteiger partial charge in [0.1, 0.15) is 12.6 Å². The molecule has 0 saturated heterocycles. The first kappa shape index (κ1) is 26.5. The molecule has 0 unspecified atom stereocenters. The van der Waals surface area contributed by atoms with Crippen molar-refractivity contribution in [3.8, 4) is 0 Å². The molecule has 0 radical (unpaired) electrons. The molecule has 0 aliphatic rings. The predicted molar refractivity (Wildman–Crippen MR) is 129 cm³/mol. The lowest BCUT2D eigenvalue weighted by atomic mass is 10.1. The van der Waals surface area contributed by atoms with Crippen LogP contribution >= 0.6 is 46.4 Å². The summed E-state index contributed by atoms with van der Waals surface area (Å²) in [7, 11) is -2.51. The van der Waals surface area contributed by atoms with Gasteiger partial charge in [0.05, 0.1) is 27.0 Å². The Kier molecular flexibility index (Phi) is 9.07. The number of benzene rings is 2. The van der Waals surface area contributed by atoms with Gasteiger partial charge in [-0.2, -0.15) is 0 Å². The van der Waals surface area contributed by atoms with Crippen LogP contribution in [0.1, 0.15) is 12.5 Å². The number of nitrogens with zero attached hydrogens (tertiary/aromatic N) is 2. The van der Waals surface area contributed by atoms with Crippen molar-refractivity contribution in [2.24, 2.45) is 0 Å². The second kappa shape index (κ2) is 10.9. The normalized spacial score (nSPS) is 12.2. The van der Waals surface area contributed by atoms with Gasteiger partial charge >= 0.3 is 0 Å². The van der Waals surface area contributed by atoms with Crippen molar-refractivity contribution in [1.82, 2.24) is 10.2 Å². The van der Waals surface area contributed by atoms with Crippen molar-refractivity contribution in [1.29, 1.82) is 0 Å². The zero-order valence-corrected chi connectivity index (χ0v) is 21.2. The standard InChI is InChI=1S/C20H21Cl4N3O4S/c1-12(20(29)25-2)26(10-13-5-4-6-14(21)7-13)19(28)11-27(32(3,30)31)18-9-16(23)15(22)8-17(18)24/h4-9,12H,10-11H2,1-3H3,(H,25,29)/t12-/m1/s1. The van der Waals surface area contributed by atoms with Gasteiger partial charge in [0.2, 0.25) is 21.8 Å². The molecule has 12 heteroatoms. The molecule has 0 spiro atoms. The summed E-state index contributed by atoms with van der Waals surface area (Å²) in [5.41, 5.74) is 0.660. The summed E-state index contributed by atoms with van der Waals surface area (Å²) in [5.74, 6) is -1.05. The number of carbonyl (C=O) groups is 2. The molecule has 0 aliphatic carbocycles. The van der Waals surface area contributed by atoms with Gasteiger partial charge in [0, 0.05) is 18.6 Å². The Balaban J connectivity index is 2.46.